The van der Waals surface area contributed by atoms with Crippen LogP contribution in [0.4, 0.5) is 0 Å². The second-order valence-electron chi connectivity index (χ2n) is 5.01. The minimum atomic E-state index is -3.41. The molecular formula is C12H22N4O2S. The summed E-state index contributed by atoms with van der Waals surface area (Å²) in [5.74, 6) is 0. The Hall–Kier alpha value is -0.920. The van der Waals surface area contributed by atoms with Crippen molar-refractivity contribution in [3.8, 4) is 0 Å². The second-order valence-corrected chi connectivity index (χ2v) is 6.88. The van der Waals surface area contributed by atoms with Gasteiger partial charge in [0.05, 0.1) is 11.4 Å². The van der Waals surface area contributed by atoms with Crippen LogP contribution in [0.15, 0.2) is 4.90 Å². The van der Waals surface area contributed by atoms with E-state index in [9.17, 15) is 8.42 Å². The van der Waals surface area contributed by atoms with Gasteiger partial charge in [0.15, 0.2) is 0 Å². The summed E-state index contributed by atoms with van der Waals surface area (Å²) in [7, 11) is -3.41. The van der Waals surface area contributed by atoms with Gasteiger partial charge in [-0.05, 0) is 26.8 Å². The molecular weight excluding hydrogens is 264 g/mol. The molecule has 7 heteroatoms. The molecule has 1 aliphatic rings. The van der Waals surface area contributed by atoms with E-state index in [4.69, 9.17) is 0 Å². The Morgan fingerprint density at radius 2 is 1.84 bits per heavy atom. The summed E-state index contributed by atoms with van der Waals surface area (Å²) in [4.78, 5) is 2.65. The molecule has 0 aromatic carbocycles. The van der Waals surface area contributed by atoms with E-state index in [0.717, 1.165) is 26.1 Å². The van der Waals surface area contributed by atoms with Crippen LogP contribution in [0.2, 0.25) is 0 Å². The number of rotatable bonds is 4. The van der Waals surface area contributed by atoms with Crippen LogP contribution in [0.1, 0.15) is 24.7 Å². The van der Waals surface area contributed by atoms with E-state index in [1.54, 1.807) is 18.2 Å². The topological polar surface area (TPSA) is 69.3 Å². The van der Waals surface area contributed by atoms with Gasteiger partial charge >= 0.3 is 0 Å². The quantitative estimate of drug-likeness (QED) is 0.886. The van der Waals surface area contributed by atoms with Crippen molar-refractivity contribution in [3.63, 3.8) is 0 Å². The lowest BCUT2D eigenvalue weighted by molar-refractivity contribution is 0.188. The summed E-state index contributed by atoms with van der Waals surface area (Å²) >= 11 is 0. The summed E-state index contributed by atoms with van der Waals surface area (Å²) in [6, 6.07) is 0. The fourth-order valence-corrected chi connectivity index (χ4v) is 4.31. The Labute approximate surface area is 114 Å². The number of H-pyrrole nitrogens is 1. The molecule has 1 N–H and O–H groups in total. The SMILES string of the molecule is CCCN1CCN(S(=O)(=O)c2c(C)n[nH]c2C)CC1. The van der Waals surface area contributed by atoms with Gasteiger partial charge in [-0.1, -0.05) is 6.92 Å². The molecule has 108 valence electrons. The molecule has 0 unspecified atom stereocenters. The first kappa shape index (κ1) is 14.5. The zero-order valence-electron chi connectivity index (χ0n) is 11.8. The maximum absolute atomic E-state index is 12.6. The second kappa shape index (κ2) is 5.60. The van der Waals surface area contributed by atoms with Crippen LogP contribution in [0.5, 0.6) is 0 Å². The van der Waals surface area contributed by atoms with Gasteiger partial charge in [0.25, 0.3) is 0 Å². The number of hydrogen-bond acceptors (Lipinski definition) is 4. The van der Waals surface area contributed by atoms with Crippen LogP contribution >= 0.6 is 0 Å². The van der Waals surface area contributed by atoms with Gasteiger partial charge < -0.3 is 4.90 Å². The average Bonchev–Trinajstić information content (AvgIpc) is 2.70. The van der Waals surface area contributed by atoms with Crippen molar-refractivity contribution in [3.05, 3.63) is 11.4 Å². The standard InChI is InChI=1S/C12H22N4O2S/c1-4-5-15-6-8-16(9-7-15)19(17,18)12-10(2)13-14-11(12)3/h4-9H2,1-3H3,(H,13,14). The summed E-state index contributed by atoms with van der Waals surface area (Å²) in [6.45, 7) is 9.40. The van der Waals surface area contributed by atoms with Crippen molar-refractivity contribution in [2.24, 2.45) is 0 Å². The number of aryl methyl sites for hydroxylation is 2. The molecule has 19 heavy (non-hydrogen) atoms. The van der Waals surface area contributed by atoms with E-state index < -0.39 is 10.0 Å². The van der Waals surface area contributed by atoms with E-state index in [1.165, 1.54) is 0 Å². The number of sulfonamides is 1. The average molecular weight is 286 g/mol. The molecule has 6 nitrogen and oxygen atoms in total. The summed E-state index contributed by atoms with van der Waals surface area (Å²) in [6.07, 6.45) is 1.10. The van der Waals surface area contributed by atoms with Crippen molar-refractivity contribution < 1.29 is 8.42 Å². The Balaban J connectivity index is 2.15. The number of aromatic nitrogens is 2. The molecule has 1 fully saturated rings. The smallest absolute Gasteiger partial charge is 0.246 e. The Morgan fingerprint density at radius 1 is 1.21 bits per heavy atom. The molecule has 0 amide bonds. The fourth-order valence-electron chi connectivity index (χ4n) is 2.56. The highest BCUT2D eigenvalue weighted by Crippen LogP contribution is 2.22. The van der Waals surface area contributed by atoms with Gasteiger partial charge in [0.2, 0.25) is 10.0 Å². The van der Waals surface area contributed by atoms with E-state index >= 15 is 0 Å². The fraction of sp³-hybridized carbons (Fsp3) is 0.750. The lowest BCUT2D eigenvalue weighted by Gasteiger charge is -2.33. The zero-order chi connectivity index (χ0) is 14.0. The van der Waals surface area contributed by atoms with Crippen molar-refractivity contribution >= 4 is 10.0 Å². The highest BCUT2D eigenvalue weighted by atomic mass is 32.2. The maximum atomic E-state index is 12.6. The summed E-state index contributed by atoms with van der Waals surface area (Å²) in [5, 5.41) is 6.73. The molecule has 0 spiro atoms. The summed E-state index contributed by atoms with van der Waals surface area (Å²) < 4.78 is 26.8. The first-order valence-corrected chi connectivity index (χ1v) is 8.15. The third kappa shape index (κ3) is 2.82. The molecule has 0 saturated carbocycles. The van der Waals surface area contributed by atoms with Gasteiger partial charge in [-0.25, -0.2) is 8.42 Å². The Morgan fingerprint density at radius 3 is 2.32 bits per heavy atom. The van der Waals surface area contributed by atoms with Crippen LogP contribution < -0.4 is 0 Å². The van der Waals surface area contributed by atoms with Crippen molar-refractivity contribution in [2.75, 3.05) is 32.7 Å². The van der Waals surface area contributed by atoms with Crippen molar-refractivity contribution in [2.45, 2.75) is 32.1 Å². The van der Waals surface area contributed by atoms with Gasteiger partial charge in [0, 0.05) is 26.2 Å². The Kier molecular flexibility index (Phi) is 4.27. The van der Waals surface area contributed by atoms with Crippen LogP contribution in [0.25, 0.3) is 0 Å². The van der Waals surface area contributed by atoms with E-state index in [2.05, 4.69) is 22.0 Å². The third-order valence-electron chi connectivity index (χ3n) is 3.53. The predicted molar refractivity (Wildman–Crippen MR) is 73.6 cm³/mol. The van der Waals surface area contributed by atoms with Gasteiger partial charge in [-0.15, -0.1) is 0 Å². The first-order valence-electron chi connectivity index (χ1n) is 6.71. The van der Waals surface area contributed by atoms with E-state index in [1.807, 2.05) is 0 Å². The number of nitrogens with one attached hydrogen (secondary N) is 1. The van der Waals surface area contributed by atoms with Crippen molar-refractivity contribution in [1.82, 2.24) is 19.4 Å². The maximum Gasteiger partial charge on any atom is 0.246 e. The minimum Gasteiger partial charge on any atom is -0.301 e. The molecule has 0 aliphatic carbocycles. The third-order valence-corrected chi connectivity index (χ3v) is 5.69. The van der Waals surface area contributed by atoms with Gasteiger partial charge in [-0.2, -0.15) is 9.40 Å². The highest BCUT2D eigenvalue weighted by molar-refractivity contribution is 7.89. The normalized spacial score (nSPS) is 18.9. The van der Waals surface area contributed by atoms with Crippen LogP contribution in [0, 0.1) is 13.8 Å². The van der Waals surface area contributed by atoms with Gasteiger partial charge in [-0.3, -0.25) is 5.10 Å². The first-order chi connectivity index (χ1) is 8.96. The molecule has 1 aliphatic heterocycles. The predicted octanol–water partition coefficient (Wildman–Crippen LogP) is 0.743. The Bertz CT molecular complexity index is 510. The molecule has 1 saturated heterocycles. The van der Waals surface area contributed by atoms with Crippen molar-refractivity contribution in [1.29, 1.82) is 0 Å². The molecule has 0 bridgehead atoms. The molecule has 2 heterocycles. The lowest BCUT2D eigenvalue weighted by Crippen LogP contribution is -2.48. The van der Waals surface area contributed by atoms with E-state index in [0.29, 0.717) is 29.4 Å². The molecule has 0 radical (unpaired) electrons. The van der Waals surface area contributed by atoms with E-state index in [-0.39, 0.29) is 0 Å². The number of hydrogen-bond donors (Lipinski definition) is 1. The monoisotopic (exact) mass is 286 g/mol. The molecule has 1 aromatic heterocycles. The highest BCUT2D eigenvalue weighted by Gasteiger charge is 2.31. The van der Waals surface area contributed by atoms with Crippen LogP contribution in [0.3, 0.4) is 0 Å². The molecule has 2 rings (SSSR count). The minimum absolute atomic E-state index is 0.344. The zero-order valence-corrected chi connectivity index (χ0v) is 12.6. The lowest BCUT2D eigenvalue weighted by atomic mass is 10.3. The van der Waals surface area contributed by atoms with Crippen LogP contribution in [-0.4, -0.2) is 60.5 Å². The largest absolute Gasteiger partial charge is 0.301 e. The molecule has 0 atom stereocenters. The van der Waals surface area contributed by atoms with Crippen LogP contribution in [-0.2, 0) is 10.0 Å². The number of piperazine rings is 1. The number of aromatic amines is 1. The molecule has 1 aromatic rings. The summed E-state index contributed by atoms with van der Waals surface area (Å²) in [5.41, 5.74) is 1.17. The van der Waals surface area contributed by atoms with Gasteiger partial charge in [0.1, 0.15) is 4.90 Å². The number of nitrogens with zero attached hydrogens (tertiary/aromatic N) is 3.